The zero-order chi connectivity index (χ0) is 30.2. The summed E-state index contributed by atoms with van der Waals surface area (Å²) >= 11 is 12.3. The summed E-state index contributed by atoms with van der Waals surface area (Å²) in [6.45, 7) is 6.96. The monoisotopic (exact) mass is 619 g/mol. The lowest BCUT2D eigenvalue weighted by Gasteiger charge is -2.34. The summed E-state index contributed by atoms with van der Waals surface area (Å²) in [5, 5.41) is 3.52. The van der Waals surface area contributed by atoms with E-state index in [-0.39, 0.29) is 29.1 Å². The average molecular weight is 621 g/mol. The Morgan fingerprint density at radius 2 is 1.59 bits per heavy atom. The van der Waals surface area contributed by atoms with Gasteiger partial charge in [0.1, 0.15) is 18.3 Å². The molecule has 0 bridgehead atoms. The van der Waals surface area contributed by atoms with Gasteiger partial charge in [-0.2, -0.15) is 0 Å². The SMILES string of the molecule is CCOc1ccccc1N(CC(=O)N(Cc1ccc(Cl)c(Cl)c1)[C@@H](CC)C(=O)NC(C)C)S(=O)(=O)c1ccccc1. The Hall–Kier alpha value is -3.27. The number of para-hydroxylation sites is 2. The third kappa shape index (κ3) is 8.15. The molecule has 0 aliphatic heterocycles. The highest BCUT2D eigenvalue weighted by Crippen LogP contribution is 2.33. The van der Waals surface area contributed by atoms with E-state index in [1.807, 2.05) is 13.8 Å². The van der Waals surface area contributed by atoms with Crippen molar-refractivity contribution in [3.05, 3.63) is 88.4 Å². The number of ether oxygens (including phenoxy) is 1. The molecule has 220 valence electrons. The number of hydrogen-bond acceptors (Lipinski definition) is 5. The van der Waals surface area contributed by atoms with Gasteiger partial charge in [-0.1, -0.05) is 66.5 Å². The van der Waals surface area contributed by atoms with Crippen molar-refractivity contribution in [2.75, 3.05) is 17.5 Å². The van der Waals surface area contributed by atoms with E-state index in [0.29, 0.717) is 34.4 Å². The molecule has 3 aromatic rings. The van der Waals surface area contributed by atoms with Gasteiger partial charge < -0.3 is 15.0 Å². The predicted molar refractivity (Wildman–Crippen MR) is 163 cm³/mol. The molecule has 41 heavy (non-hydrogen) atoms. The van der Waals surface area contributed by atoms with Crippen LogP contribution in [-0.2, 0) is 26.2 Å². The summed E-state index contributed by atoms with van der Waals surface area (Å²) in [4.78, 5) is 28.8. The molecular formula is C30H35Cl2N3O5S. The lowest BCUT2D eigenvalue weighted by molar-refractivity contribution is -0.140. The Morgan fingerprint density at radius 1 is 0.927 bits per heavy atom. The van der Waals surface area contributed by atoms with Gasteiger partial charge in [0.25, 0.3) is 10.0 Å². The van der Waals surface area contributed by atoms with Crippen LogP contribution in [0.25, 0.3) is 0 Å². The highest BCUT2D eigenvalue weighted by Gasteiger charge is 2.34. The summed E-state index contributed by atoms with van der Waals surface area (Å²) in [5.41, 5.74) is 0.844. The lowest BCUT2D eigenvalue weighted by atomic mass is 10.1. The highest BCUT2D eigenvalue weighted by molar-refractivity contribution is 7.92. The van der Waals surface area contributed by atoms with Crippen LogP contribution >= 0.6 is 23.2 Å². The summed E-state index contributed by atoms with van der Waals surface area (Å²) in [7, 11) is -4.21. The second kappa shape index (κ2) is 14.6. The number of halogens is 2. The fraction of sp³-hybridized carbons (Fsp3) is 0.333. The summed E-state index contributed by atoms with van der Waals surface area (Å²) in [6, 6.07) is 18.4. The Labute approximate surface area is 252 Å². The Balaban J connectivity index is 2.11. The van der Waals surface area contributed by atoms with Crippen molar-refractivity contribution in [1.29, 1.82) is 0 Å². The zero-order valence-corrected chi connectivity index (χ0v) is 25.8. The van der Waals surface area contributed by atoms with Crippen molar-refractivity contribution in [3.8, 4) is 5.75 Å². The van der Waals surface area contributed by atoms with Crippen LogP contribution in [0.2, 0.25) is 10.0 Å². The van der Waals surface area contributed by atoms with Gasteiger partial charge >= 0.3 is 0 Å². The summed E-state index contributed by atoms with van der Waals surface area (Å²) in [5.74, 6) is -0.612. The van der Waals surface area contributed by atoms with Crippen LogP contribution in [-0.4, -0.2) is 50.4 Å². The average Bonchev–Trinajstić information content (AvgIpc) is 2.94. The maximum Gasteiger partial charge on any atom is 0.264 e. The maximum absolute atomic E-state index is 14.2. The minimum Gasteiger partial charge on any atom is -0.492 e. The molecule has 0 saturated carbocycles. The smallest absolute Gasteiger partial charge is 0.264 e. The lowest BCUT2D eigenvalue weighted by Crippen LogP contribution is -2.53. The molecule has 0 aliphatic rings. The number of amides is 2. The molecule has 3 aromatic carbocycles. The second-order valence-corrected chi connectivity index (χ2v) is 12.3. The molecule has 0 spiro atoms. The number of anilines is 1. The summed E-state index contributed by atoms with van der Waals surface area (Å²) in [6.07, 6.45) is 0.298. The first-order valence-electron chi connectivity index (χ1n) is 13.3. The van der Waals surface area contributed by atoms with Crippen LogP contribution < -0.4 is 14.4 Å². The van der Waals surface area contributed by atoms with Crippen LogP contribution in [0.15, 0.2) is 77.7 Å². The van der Waals surface area contributed by atoms with Crippen molar-refractivity contribution in [2.45, 2.75) is 57.6 Å². The normalized spacial score (nSPS) is 12.1. The molecule has 0 fully saturated rings. The minimum absolute atomic E-state index is 0.00603. The molecule has 0 aromatic heterocycles. The maximum atomic E-state index is 14.2. The van der Waals surface area contributed by atoms with E-state index >= 15 is 0 Å². The first-order valence-corrected chi connectivity index (χ1v) is 15.5. The molecule has 8 nitrogen and oxygen atoms in total. The largest absolute Gasteiger partial charge is 0.492 e. The van der Waals surface area contributed by atoms with E-state index in [2.05, 4.69) is 5.32 Å². The number of nitrogens with one attached hydrogen (secondary N) is 1. The molecule has 0 radical (unpaired) electrons. The number of benzene rings is 3. The minimum atomic E-state index is -4.21. The van der Waals surface area contributed by atoms with Crippen molar-refractivity contribution in [1.82, 2.24) is 10.2 Å². The number of hydrogen-bond donors (Lipinski definition) is 1. The highest BCUT2D eigenvalue weighted by atomic mass is 35.5. The molecule has 2 amide bonds. The van der Waals surface area contributed by atoms with Gasteiger partial charge in [0.05, 0.1) is 27.2 Å². The Bertz CT molecular complexity index is 1450. The van der Waals surface area contributed by atoms with Gasteiger partial charge in [-0.05, 0) is 69.2 Å². The van der Waals surface area contributed by atoms with Gasteiger partial charge in [0.2, 0.25) is 11.8 Å². The van der Waals surface area contributed by atoms with E-state index in [4.69, 9.17) is 27.9 Å². The standard InChI is InChI=1S/C30H35Cl2N3O5S/c1-5-26(30(37)33-21(3)4)34(19-22-16-17-24(31)25(32)18-22)29(36)20-35(27-14-10-11-15-28(27)40-6-2)41(38,39)23-12-8-7-9-13-23/h7-18,21,26H,5-6,19-20H2,1-4H3,(H,33,37)/t26-/m0/s1. The molecule has 0 saturated heterocycles. The van der Waals surface area contributed by atoms with Crippen LogP contribution in [0.4, 0.5) is 5.69 Å². The number of rotatable bonds is 13. The van der Waals surface area contributed by atoms with E-state index < -0.39 is 28.5 Å². The van der Waals surface area contributed by atoms with E-state index in [1.54, 1.807) is 74.5 Å². The first-order chi connectivity index (χ1) is 19.5. The molecule has 1 atom stereocenters. The predicted octanol–water partition coefficient (Wildman–Crippen LogP) is 5.92. The fourth-order valence-electron chi connectivity index (χ4n) is 4.31. The Morgan fingerprint density at radius 3 is 2.20 bits per heavy atom. The van der Waals surface area contributed by atoms with Crippen LogP contribution in [0, 0.1) is 0 Å². The third-order valence-corrected chi connectivity index (χ3v) is 8.71. The number of carbonyl (C=O) groups excluding carboxylic acids is 2. The van der Waals surface area contributed by atoms with Gasteiger partial charge in [-0.15, -0.1) is 0 Å². The molecule has 11 heteroatoms. The van der Waals surface area contributed by atoms with Crippen LogP contribution in [0.3, 0.4) is 0 Å². The van der Waals surface area contributed by atoms with Crippen LogP contribution in [0.1, 0.15) is 39.7 Å². The fourth-order valence-corrected chi connectivity index (χ4v) is 6.08. The number of nitrogens with zero attached hydrogens (tertiary/aromatic N) is 2. The summed E-state index contributed by atoms with van der Waals surface area (Å²) < 4.78 is 34.8. The topological polar surface area (TPSA) is 96.0 Å². The zero-order valence-electron chi connectivity index (χ0n) is 23.5. The van der Waals surface area contributed by atoms with Crippen molar-refractivity contribution in [2.24, 2.45) is 0 Å². The van der Waals surface area contributed by atoms with Crippen LogP contribution in [0.5, 0.6) is 5.75 Å². The number of carbonyl (C=O) groups is 2. The molecule has 0 heterocycles. The molecule has 0 unspecified atom stereocenters. The van der Waals surface area contributed by atoms with Gasteiger partial charge in [0, 0.05) is 12.6 Å². The molecule has 1 N–H and O–H groups in total. The van der Waals surface area contributed by atoms with E-state index in [9.17, 15) is 18.0 Å². The molecular weight excluding hydrogens is 585 g/mol. The molecule has 0 aliphatic carbocycles. The van der Waals surface area contributed by atoms with Crippen molar-refractivity contribution >= 4 is 50.7 Å². The Kier molecular flexibility index (Phi) is 11.5. The van der Waals surface area contributed by atoms with Gasteiger partial charge in [-0.3, -0.25) is 13.9 Å². The van der Waals surface area contributed by atoms with E-state index in [0.717, 1.165) is 4.31 Å². The first kappa shape index (κ1) is 32.2. The number of sulfonamides is 1. The van der Waals surface area contributed by atoms with Crippen molar-refractivity contribution in [3.63, 3.8) is 0 Å². The van der Waals surface area contributed by atoms with Gasteiger partial charge in [-0.25, -0.2) is 8.42 Å². The van der Waals surface area contributed by atoms with E-state index in [1.165, 1.54) is 17.0 Å². The van der Waals surface area contributed by atoms with Crippen molar-refractivity contribution < 1.29 is 22.7 Å². The quantitative estimate of drug-likeness (QED) is 0.256. The van der Waals surface area contributed by atoms with Gasteiger partial charge in [0.15, 0.2) is 0 Å². The molecule has 3 rings (SSSR count). The third-order valence-electron chi connectivity index (χ3n) is 6.20. The second-order valence-electron chi connectivity index (χ2n) is 9.58.